The SMILES string of the molecule is Cc1cc(Cl)ccc1Oc1nnc(Br)s1. The number of aryl methyl sites for hydroxylation is 1. The molecule has 6 heteroatoms. The Morgan fingerprint density at radius 2 is 2.20 bits per heavy atom. The first-order valence-electron chi connectivity index (χ1n) is 4.08. The second-order valence-corrected chi connectivity index (χ2v) is 5.49. The van der Waals surface area contributed by atoms with Gasteiger partial charge in [-0.15, -0.1) is 5.10 Å². The lowest BCUT2D eigenvalue weighted by atomic mass is 10.2. The largest absolute Gasteiger partial charge is 0.430 e. The fraction of sp³-hybridized carbons (Fsp3) is 0.111. The summed E-state index contributed by atoms with van der Waals surface area (Å²) in [6, 6.07) is 5.43. The van der Waals surface area contributed by atoms with Gasteiger partial charge in [0.2, 0.25) is 0 Å². The van der Waals surface area contributed by atoms with Crippen LogP contribution in [-0.2, 0) is 0 Å². The van der Waals surface area contributed by atoms with E-state index in [4.69, 9.17) is 16.3 Å². The van der Waals surface area contributed by atoms with Gasteiger partial charge in [0, 0.05) is 5.02 Å². The molecule has 15 heavy (non-hydrogen) atoms. The molecule has 0 atom stereocenters. The van der Waals surface area contributed by atoms with E-state index in [1.165, 1.54) is 11.3 Å². The number of rotatable bonds is 2. The van der Waals surface area contributed by atoms with Gasteiger partial charge in [-0.3, -0.25) is 0 Å². The Balaban J connectivity index is 2.24. The van der Waals surface area contributed by atoms with E-state index >= 15 is 0 Å². The van der Waals surface area contributed by atoms with Crippen LogP contribution in [0, 0.1) is 6.92 Å². The molecular formula is C9H6BrClN2OS. The van der Waals surface area contributed by atoms with Gasteiger partial charge in [0.1, 0.15) is 5.75 Å². The topological polar surface area (TPSA) is 35.0 Å². The standard InChI is InChI=1S/C9H6BrClN2OS/c1-5-4-6(11)2-3-7(5)14-9-13-12-8(10)15-9/h2-4H,1H3. The molecule has 0 bridgehead atoms. The average molecular weight is 306 g/mol. The second-order valence-electron chi connectivity index (χ2n) is 2.83. The van der Waals surface area contributed by atoms with Gasteiger partial charge in [-0.25, -0.2) is 0 Å². The van der Waals surface area contributed by atoms with Crippen LogP contribution in [0.15, 0.2) is 22.1 Å². The summed E-state index contributed by atoms with van der Waals surface area (Å²) in [4.78, 5) is 0. The normalized spacial score (nSPS) is 10.3. The summed E-state index contributed by atoms with van der Waals surface area (Å²) in [6.45, 7) is 1.93. The lowest BCUT2D eigenvalue weighted by molar-refractivity contribution is 0.469. The van der Waals surface area contributed by atoms with Crippen LogP contribution in [0.1, 0.15) is 5.56 Å². The lowest BCUT2D eigenvalue weighted by Gasteiger charge is -2.04. The molecule has 0 spiro atoms. The molecule has 2 aromatic rings. The van der Waals surface area contributed by atoms with Crippen molar-refractivity contribution in [1.29, 1.82) is 0 Å². The molecule has 2 rings (SSSR count). The number of hydrogen-bond donors (Lipinski definition) is 0. The van der Waals surface area contributed by atoms with E-state index in [1.807, 2.05) is 19.1 Å². The van der Waals surface area contributed by atoms with Crippen LogP contribution >= 0.6 is 38.9 Å². The smallest absolute Gasteiger partial charge is 0.300 e. The van der Waals surface area contributed by atoms with Crippen LogP contribution in [0.4, 0.5) is 0 Å². The zero-order chi connectivity index (χ0) is 10.8. The van der Waals surface area contributed by atoms with Crippen molar-refractivity contribution < 1.29 is 4.74 Å². The molecular weight excluding hydrogens is 300 g/mol. The molecule has 0 saturated carbocycles. The molecule has 0 aliphatic carbocycles. The summed E-state index contributed by atoms with van der Waals surface area (Å²) in [5.41, 5.74) is 0.967. The van der Waals surface area contributed by atoms with Crippen molar-refractivity contribution in [2.24, 2.45) is 0 Å². The van der Waals surface area contributed by atoms with Crippen LogP contribution in [0.3, 0.4) is 0 Å². The first-order valence-corrected chi connectivity index (χ1v) is 6.07. The van der Waals surface area contributed by atoms with Gasteiger partial charge in [0.15, 0.2) is 3.92 Å². The third-order valence-electron chi connectivity index (χ3n) is 1.72. The maximum Gasteiger partial charge on any atom is 0.300 e. The predicted molar refractivity (Wildman–Crippen MR) is 63.9 cm³/mol. The quantitative estimate of drug-likeness (QED) is 0.839. The minimum absolute atomic E-state index is 0.507. The van der Waals surface area contributed by atoms with Crippen molar-refractivity contribution in [2.75, 3.05) is 0 Å². The first kappa shape index (κ1) is 10.9. The van der Waals surface area contributed by atoms with Crippen molar-refractivity contribution >= 4 is 38.9 Å². The van der Waals surface area contributed by atoms with Crippen LogP contribution in [-0.4, -0.2) is 10.2 Å². The van der Waals surface area contributed by atoms with Gasteiger partial charge in [-0.1, -0.05) is 16.7 Å². The van der Waals surface area contributed by atoms with Crippen molar-refractivity contribution in [1.82, 2.24) is 10.2 Å². The highest BCUT2D eigenvalue weighted by molar-refractivity contribution is 9.11. The van der Waals surface area contributed by atoms with E-state index < -0.39 is 0 Å². The molecule has 1 heterocycles. The Kier molecular flexibility index (Phi) is 3.23. The number of benzene rings is 1. The zero-order valence-electron chi connectivity index (χ0n) is 7.70. The number of halogens is 2. The Hall–Kier alpha value is -0.650. The van der Waals surface area contributed by atoms with Gasteiger partial charge in [-0.05, 0) is 58.0 Å². The highest BCUT2D eigenvalue weighted by Gasteiger charge is 2.06. The van der Waals surface area contributed by atoms with Gasteiger partial charge in [0.05, 0.1) is 0 Å². The highest BCUT2D eigenvalue weighted by atomic mass is 79.9. The number of ether oxygens (including phenoxy) is 1. The third-order valence-corrected chi connectivity index (χ3v) is 3.19. The Morgan fingerprint density at radius 3 is 2.80 bits per heavy atom. The van der Waals surface area contributed by atoms with E-state index in [2.05, 4.69) is 26.1 Å². The van der Waals surface area contributed by atoms with Gasteiger partial charge in [0.25, 0.3) is 5.19 Å². The monoisotopic (exact) mass is 304 g/mol. The maximum atomic E-state index is 5.84. The molecule has 1 aromatic heterocycles. The molecule has 0 fully saturated rings. The molecule has 0 saturated heterocycles. The number of aromatic nitrogens is 2. The highest BCUT2D eigenvalue weighted by Crippen LogP contribution is 2.30. The summed E-state index contributed by atoms with van der Waals surface area (Å²) >= 11 is 10.4. The predicted octanol–water partition coefficient (Wildman–Crippen LogP) is 4.05. The minimum Gasteiger partial charge on any atom is -0.430 e. The van der Waals surface area contributed by atoms with Crippen LogP contribution in [0.25, 0.3) is 0 Å². The second kappa shape index (κ2) is 4.47. The Bertz CT molecular complexity index is 489. The lowest BCUT2D eigenvalue weighted by Crippen LogP contribution is -1.86. The van der Waals surface area contributed by atoms with Gasteiger partial charge < -0.3 is 4.74 Å². The summed E-state index contributed by atoms with van der Waals surface area (Å²) in [7, 11) is 0. The van der Waals surface area contributed by atoms with Crippen molar-refractivity contribution in [3.05, 3.63) is 32.7 Å². The van der Waals surface area contributed by atoms with E-state index in [9.17, 15) is 0 Å². The van der Waals surface area contributed by atoms with Gasteiger partial charge in [-0.2, -0.15) is 0 Å². The maximum absolute atomic E-state index is 5.84. The molecule has 0 unspecified atom stereocenters. The van der Waals surface area contributed by atoms with Gasteiger partial charge >= 0.3 is 0 Å². The average Bonchev–Trinajstić information content (AvgIpc) is 2.56. The van der Waals surface area contributed by atoms with Crippen LogP contribution < -0.4 is 4.74 Å². The van der Waals surface area contributed by atoms with E-state index in [-0.39, 0.29) is 0 Å². The zero-order valence-corrected chi connectivity index (χ0v) is 10.9. The van der Waals surface area contributed by atoms with Crippen molar-refractivity contribution in [2.45, 2.75) is 6.92 Å². The summed E-state index contributed by atoms with van der Waals surface area (Å²) < 4.78 is 6.24. The fourth-order valence-corrected chi connectivity index (χ4v) is 2.22. The Morgan fingerprint density at radius 1 is 1.40 bits per heavy atom. The molecule has 0 amide bonds. The van der Waals surface area contributed by atoms with Crippen molar-refractivity contribution in [3.8, 4) is 10.9 Å². The Labute approximate surface area is 104 Å². The molecule has 78 valence electrons. The van der Waals surface area contributed by atoms with E-state index in [1.54, 1.807) is 6.07 Å². The molecule has 0 N–H and O–H groups in total. The fourth-order valence-electron chi connectivity index (χ4n) is 1.06. The minimum atomic E-state index is 0.507. The molecule has 3 nitrogen and oxygen atoms in total. The summed E-state index contributed by atoms with van der Waals surface area (Å²) in [5.74, 6) is 0.739. The summed E-state index contributed by atoms with van der Waals surface area (Å²) in [6.07, 6.45) is 0. The van der Waals surface area contributed by atoms with E-state index in [0.717, 1.165) is 11.3 Å². The number of nitrogens with zero attached hydrogens (tertiary/aromatic N) is 2. The number of hydrogen-bond acceptors (Lipinski definition) is 4. The summed E-state index contributed by atoms with van der Waals surface area (Å²) in [5, 5.41) is 8.83. The molecule has 1 aromatic carbocycles. The van der Waals surface area contributed by atoms with Crippen LogP contribution in [0.2, 0.25) is 5.02 Å². The van der Waals surface area contributed by atoms with E-state index in [0.29, 0.717) is 14.1 Å². The molecule has 0 radical (unpaired) electrons. The molecule has 0 aliphatic heterocycles. The molecule has 0 aliphatic rings. The third kappa shape index (κ3) is 2.68. The van der Waals surface area contributed by atoms with Crippen LogP contribution in [0.5, 0.6) is 10.9 Å². The first-order chi connectivity index (χ1) is 7.15. The van der Waals surface area contributed by atoms with Crippen molar-refractivity contribution in [3.63, 3.8) is 0 Å².